The van der Waals surface area contributed by atoms with Crippen molar-refractivity contribution in [1.29, 1.82) is 0 Å². The maximum absolute atomic E-state index is 12.3. The van der Waals surface area contributed by atoms with Gasteiger partial charge in [0.1, 0.15) is 0 Å². The second-order valence-electron chi connectivity index (χ2n) is 6.24. The van der Waals surface area contributed by atoms with Gasteiger partial charge in [0.05, 0.1) is 5.75 Å². The molecule has 22 heavy (non-hydrogen) atoms. The van der Waals surface area contributed by atoms with E-state index in [2.05, 4.69) is 17.1 Å². The number of amides is 1. The predicted molar refractivity (Wildman–Crippen MR) is 86.7 cm³/mol. The Bertz CT molecular complexity index is 427. The normalized spacial score (nSPS) is 22.5. The van der Waals surface area contributed by atoms with Crippen LogP contribution in [-0.4, -0.2) is 57.1 Å². The van der Waals surface area contributed by atoms with Crippen LogP contribution in [0.1, 0.15) is 38.5 Å². The molecule has 2 aliphatic rings. The van der Waals surface area contributed by atoms with E-state index in [4.69, 9.17) is 0 Å². The van der Waals surface area contributed by atoms with Crippen LogP contribution in [-0.2, 0) is 14.8 Å². The summed E-state index contributed by atoms with van der Waals surface area (Å²) in [5.41, 5.74) is 0. The summed E-state index contributed by atoms with van der Waals surface area (Å²) < 4.78 is 26.2. The average Bonchev–Trinajstić information content (AvgIpc) is 2.53. The Morgan fingerprint density at radius 1 is 1.14 bits per heavy atom. The fourth-order valence-corrected chi connectivity index (χ4v) is 4.78. The van der Waals surface area contributed by atoms with Gasteiger partial charge in [-0.25, -0.2) is 12.7 Å². The number of hydrogen-bond acceptors (Lipinski definition) is 4. The molecule has 2 fully saturated rings. The molecule has 0 aromatic carbocycles. The fourth-order valence-electron chi connectivity index (χ4n) is 3.23. The van der Waals surface area contributed by atoms with Gasteiger partial charge in [-0.2, -0.15) is 0 Å². The summed E-state index contributed by atoms with van der Waals surface area (Å²) in [6, 6.07) is 0.122. The molecule has 0 bridgehead atoms. The topological polar surface area (TPSA) is 78.5 Å². The minimum Gasteiger partial charge on any atom is -0.356 e. The van der Waals surface area contributed by atoms with E-state index in [-0.39, 0.29) is 11.8 Å². The summed E-state index contributed by atoms with van der Waals surface area (Å²) in [5, 5.41) is 6.07. The first-order valence-corrected chi connectivity index (χ1v) is 9.94. The van der Waals surface area contributed by atoms with Gasteiger partial charge >= 0.3 is 0 Å². The van der Waals surface area contributed by atoms with Crippen LogP contribution in [0.25, 0.3) is 0 Å². The number of hydrogen-bond donors (Lipinski definition) is 2. The quantitative estimate of drug-likeness (QED) is 0.502. The zero-order valence-electron chi connectivity index (χ0n) is 13.2. The first-order valence-electron chi connectivity index (χ1n) is 8.33. The first kappa shape index (κ1) is 17.7. The van der Waals surface area contributed by atoms with Crippen molar-refractivity contribution in [1.82, 2.24) is 14.9 Å². The van der Waals surface area contributed by atoms with Crippen LogP contribution in [0.4, 0.5) is 0 Å². The minimum absolute atomic E-state index is 0.122. The van der Waals surface area contributed by atoms with Crippen LogP contribution in [0.15, 0.2) is 0 Å². The highest BCUT2D eigenvalue weighted by Crippen LogP contribution is 2.19. The molecule has 2 aliphatic heterocycles. The zero-order chi connectivity index (χ0) is 15.8. The Labute approximate surface area is 134 Å². The van der Waals surface area contributed by atoms with Crippen LogP contribution >= 0.6 is 0 Å². The van der Waals surface area contributed by atoms with E-state index in [1.807, 2.05) is 0 Å². The lowest BCUT2D eigenvalue weighted by Crippen LogP contribution is -2.45. The summed E-state index contributed by atoms with van der Waals surface area (Å²) in [4.78, 5) is 10.4. The Kier molecular flexibility index (Phi) is 7.11. The number of carbonyl (C=O) groups is 1. The molecule has 7 heteroatoms. The molecule has 2 N–H and O–H groups in total. The molecule has 1 radical (unpaired) electrons. The van der Waals surface area contributed by atoms with Gasteiger partial charge in [-0.15, -0.1) is 0 Å². The molecule has 0 unspecified atom stereocenters. The van der Waals surface area contributed by atoms with Gasteiger partial charge in [0.15, 0.2) is 0 Å². The van der Waals surface area contributed by atoms with E-state index in [0.717, 1.165) is 19.5 Å². The highest BCUT2D eigenvalue weighted by molar-refractivity contribution is 7.89. The number of unbranched alkanes of at least 4 members (excludes halogenated alkanes) is 1. The summed E-state index contributed by atoms with van der Waals surface area (Å²) in [6.45, 7) is 3.18. The highest BCUT2D eigenvalue weighted by Gasteiger charge is 2.27. The van der Waals surface area contributed by atoms with Crippen molar-refractivity contribution < 1.29 is 13.2 Å². The van der Waals surface area contributed by atoms with Crippen LogP contribution < -0.4 is 10.6 Å². The van der Waals surface area contributed by atoms with Crippen LogP contribution in [0.5, 0.6) is 0 Å². The third kappa shape index (κ3) is 5.52. The van der Waals surface area contributed by atoms with E-state index < -0.39 is 10.0 Å². The smallest absolute Gasteiger partial charge is 0.214 e. The fraction of sp³-hybridized carbons (Fsp3) is 0.867. The molecule has 0 aromatic heterocycles. The van der Waals surface area contributed by atoms with E-state index >= 15 is 0 Å². The number of rotatable bonds is 8. The van der Waals surface area contributed by atoms with E-state index in [1.165, 1.54) is 12.8 Å². The zero-order valence-corrected chi connectivity index (χ0v) is 14.0. The third-order valence-electron chi connectivity index (χ3n) is 4.64. The molecular weight excluding hydrogens is 302 g/mol. The van der Waals surface area contributed by atoms with Crippen molar-refractivity contribution in [2.75, 3.05) is 31.9 Å². The number of piperidine rings is 2. The molecule has 2 heterocycles. The van der Waals surface area contributed by atoms with Crippen molar-refractivity contribution in [3.63, 3.8) is 0 Å². The summed E-state index contributed by atoms with van der Waals surface area (Å²) in [6.07, 6.45) is 8.35. The maximum Gasteiger partial charge on any atom is 0.214 e. The summed E-state index contributed by atoms with van der Waals surface area (Å²) in [7, 11) is -3.14. The van der Waals surface area contributed by atoms with Gasteiger partial charge in [0.25, 0.3) is 0 Å². The molecule has 2 saturated heterocycles. The standard InChI is InChI=1S/C15H28N3O3S/c19-13-17-15-6-10-18(11-7-15)22(20,21)12-2-1-3-14-4-8-16-9-5-14/h3,13-16H,1-2,4-12H2,(H,17,19). The molecule has 6 nitrogen and oxygen atoms in total. The van der Waals surface area contributed by atoms with Crippen LogP contribution in [0.2, 0.25) is 0 Å². The summed E-state index contributed by atoms with van der Waals surface area (Å²) in [5.74, 6) is 0.884. The van der Waals surface area contributed by atoms with Crippen molar-refractivity contribution in [3.05, 3.63) is 6.42 Å². The minimum atomic E-state index is -3.14. The molecule has 0 aromatic rings. The van der Waals surface area contributed by atoms with Crippen LogP contribution in [0, 0.1) is 12.3 Å². The largest absolute Gasteiger partial charge is 0.356 e. The Morgan fingerprint density at radius 3 is 2.45 bits per heavy atom. The van der Waals surface area contributed by atoms with Crippen LogP contribution in [0.3, 0.4) is 0 Å². The van der Waals surface area contributed by atoms with Gasteiger partial charge in [-0.1, -0.05) is 0 Å². The van der Waals surface area contributed by atoms with Gasteiger partial charge in [-0.05, 0) is 64.0 Å². The first-order chi connectivity index (χ1) is 10.6. The number of sulfonamides is 1. The van der Waals surface area contributed by atoms with E-state index in [1.54, 1.807) is 4.31 Å². The second kappa shape index (κ2) is 8.84. The third-order valence-corrected chi connectivity index (χ3v) is 6.60. The SMILES string of the molecule is O=CNC1CCN(S(=O)(=O)CCC[CH]C2CCNCC2)CC1. The van der Waals surface area contributed by atoms with Gasteiger partial charge in [0, 0.05) is 19.1 Å². The lowest BCUT2D eigenvalue weighted by molar-refractivity contribution is -0.110. The average molecular weight is 330 g/mol. The lowest BCUT2D eigenvalue weighted by atomic mass is 9.93. The van der Waals surface area contributed by atoms with Crippen molar-refractivity contribution >= 4 is 16.4 Å². The number of nitrogens with zero attached hydrogens (tertiary/aromatic N) is 1. The Hall–Kier alpha value is -0.660. The number of nitrogens with one attached hydrogen (secondary N) is 2. The summed E-state index contributed by atoms with van der Waals surface area (Å²) >= 11 is 0. The molecular formula is C15H28N3O3S. The molecule has 127 valence electrons. The van der Waals surface area contributed by atoms with Gasteiger partial charge in [-0.3, -0.25) is 4.79 Å². The Balaban J connectivity index is 1.64. The van der Waals surface area contributed by atoms with Gasteiger partial charge in [0.2, 0.25) is 16.4 Å². The predicted octanol–water partition coefficient (Wildman–Crippen LogP) is 0.511. The van der Waals surface area contributed by atoms with Crippen molar-refractivity contribution in [2.45, 2.75) is 44.6 Å². The van der Waals surface area contributed by atoms with E-state index in [0.29, 0.717) is 44.7 Å². The second-order valence-corrected chi connectivity index (χ2v) is 8.33. The number of carbonyl (C=O) groups excluding carboxylic acids is 1. The van der Waals surface area contributed by atoms with Crippen molar-refractivity contribution in [3.8, 4) is 0 Å². The van der Waals surface area contributed by atoms with E-state index in [9.17, 15) is 13.2 Å². The van der Waals surface area contributed by atoms with Gasteiger partial charge < -0.3 is 10.6 Å². The molecule has 1 amide bonds. The molecule has 2 rings (SSSR count). The maximum atomic E-state index is 12.3. The molecule has 0 saturated carbocycles. The molecule has 0 spiro atoms. The Morgan fingerprint density at radius 2 is 1.82 bits per heavy atom. The molecule has 0 atom stereocenters. The monoisotopic (exact) mass is 330 g/mol. The molecule has 0 aliphatic carbocycles. The highest BCUT2D eigenvalue weighted by atomic mass is 32.2. The lowest BCUT2D eigenvalue weighted by Gasteiger charge is -2.30. The van der Waals surface area contributed by atoms with Crippen molar-refractivity contribution in [2.24, 2.45) is 5.92 Å².